The van der Waals surface area contributed by atoms with Gasteiger partial charge < -0.3 is 5.32 Å². The first-order chi connectivity index (χ1) is 8.33. The van der Waals surface area contributed by atoms with Crippen molar-refractivity contribution in [1.29, 1.82) is 0 Å². The molecule has 1 aromatic carbocycles. The molecule has 4 heteroatoms. The predicted molar refractivity (Wildman–Crippen MR) is 74.1 cm³/mol. The number of benzene rings is 1. The second-order valence-electron chi connectivity index (χ2n) is 3.60. The summed E-state index contributed by atoms with van der Waals surface area (Å²) in [5.41, 5.74) is 0.842. The van der Waals surface area contributed by atoms with Gasteiger partial charge in [-0.25, -0.2) is 0 Å². The minimum absolute atomic E-state index is 0.0467. The van der Waals surface area contributed by atoms with Crippen LogP contribution >= 0.6 is 22.7 Å². The maximum absolute atomic E-state index is 11.9. The Kier molecular flexibility index (Phi) is 2.66. The van der Waals surface area contributed by atoms with Gasteiger partial charge in [0, 0.05) is 10.4 Å². The topological polar surface area (TPSA) is 29.1 Å². The third-order valence-corrected chi connectivity index (χ3v) is 4.22. The van der Waals surface area contributed by atoms with Crippen molar-refractivity contribution in [2.75, 3.05) is 5.32 Å². The number of amides is 1. The Labute approximate surface area is 107 Å². The molecule has 1 N–H and O–H groups in total. The molecule has 0 saturated heterocycles. The fourth-order valence-corrected chi connectivity index (χ4v) is 3.03. The first kappa shape index (κ1) is 10.5. The second-order valence-corrected chi connectivity index (χ2v) is 5.50. The first-order valence-corrected chi connectivity index (χ1v) is 6.91. The molecule has 1 amide bonds. The number of carbonyl (C=O) groups is 1. The van der Waals surface area contributed by atoms with Gasteiger partial charge in [0.25, 0.3) is 5.91 Å². The van der Waals surface area contributed by atoms with Gasteiger partial charge in [-0.1, -0.05) is 6.07 Å². The molecule has 0 bridgehead atoms. The highest BCUT2D eigenvalue weighted by Crippen LogP contribution is 2.24. The summed E-state index contributed by atoms with van der Waals surface area (Å²) in [7, 11) is 0. The van der Waals surface area contributed by atoms with Gasteiger partial charge in [-0.05, 0) is 46.5 Å². The second kappa shape index (κ2) is 4.31. The Morgan fingerprint density at radius 2 is 2.00 bits per heavy atom. The van der Waals surface area contributed by atoms with Crippen molar-refractivity contribution >= 4 is 44.4 Å². The van der Waals surface area contributed by atoms with Crippen LogP contribution in [0.5, 0.6) is 0 Å². The van der Waals surface area contributed by atoms with Gasteiger partial charge in [0.05, 0.1) is 4.88 Å². The van der Waals surface area contributed by atoms with Crippen LogP contribution < -0.4 is 5.32 Å². The van der Waals surface area contributed by atoms with Gasteiger partial charge in [0.2, 0.25) is 0 Å². The smallest absolute Gasteiger partial charge is 0.265 e. The van der Waals surface area contributed by atoms with Crippen LogP contribution in [0.4, 0.5) is 5.69 Å². The monoisotopic (exact) mass is 259 g/mol. The van der Waals surface area contributed by atoms with Crippen molar-refractivity contribution in [3.63, 3.8) is 0 Å². The number of nitrogens with one attached hydrogen (secondary N) is 1. The Morgan fingerprint density at radius 3 is 2.82 bits per heavy atom. The average Bonchev–Trinajstić information content (AvgIpc) is 2.99. The third-order valence-electron chi connectivity index (χ3n) is 2.46. The van der Waals surface area contributed by atoms with Crippen molar-refractivity contribution in [2.24, 2.45) is 0 Å². The summed E-state index contributed by atoms with van der Waals surface area (Å²) in [4.78, 5) is 12.6. The predicted octanol–water partition coefficient (Wildman–Crippen LogP) is 4.22. The molecule has 84 valence electrons. The van der Waals surface area contributed by atoms with E-state index >= 15 is 0 Å². The quantitative estimate of drug-likeness (QED) is 0.733. The van der Waals surface area contributed by atoms with Crippen LogP contribution in [-0.4, -0.2) is 5.91 Å². The van der Waals surface area contributed by atoms with Crippen LogP contribution in [-0.2, 0) is 0 Å². The number of fused-ring (bicyclic) bond motifs is 1. The van der Waals surface area contributed by atoms with Gasteiger partial charge in [-0.3, -0.25) is 4.79 Å². The fourth-order valence-electron chi connectivity index (χ4n) is 1.64. The van der Waals surface area contributed by atoms with Crippen molar-refractivity contribution < 1.29 is 4.79 Å². The van der Waals surface area contributed by atoms with Crippen molar-refractivity contribution in [1.82, 2.24) is 0 Å². The summed E-state index contributed by atoms with van der Waals surface area (Å²) < 4.78 is 1.24. The molecule has 2 nitrogen and oxygen atoms in total. The summed E-state index contributed by atoms with van der Waals surface area (Å²) >= 11 is 3.15. The Balaban J connectivity index is 1.87. The lowest BCUT2D eigenvalue weighted by atomic mass is 10.2. The molecule has 0 fully saturated rings. The summed E-state index contributed by atoms with van der Waals surface area (Å²) in [5.74, 6) is -0.0467. The van der Waals surface area contributed by atoms with E-state index in [0.29, 0.717) is 0 Å². The molecule has 0 saturated carbocycles. The van der Waals surface area contributed by atoms with Crippen molar-refractivity contribution in [3.05, 3.63) is 52.0 Å². The highest BCUT2D eigenvalue weighted by atomic mass is 32.1. The van der Waals surface area contributed by atoms with Crippen molar-refractivity contribution in [3.8, 4) is 0 Å². The minimum atomic E-state index is -0.0467. The lowest BCUT2D eigenvalue weighted by molar-refractivity contribution is 0.103. The summed E-state index contributed by atoms with van der Waals surface area (Å²) in [5, 5.41) is 8.02. The largest absolute Gasteiger partial charge is 0.321 e. The molecule has 0 unspecified atom stereocenters. The van der Waals surface area contributed by atoms with Crippen molar-refractivity contribution in [2.45, 2.75) is 0 Å². The Bertz CT molecular complexity index is 655. The summed E-state index contributed by atoms with van der Waals surface area (Å²) in [6.45, 7) is 0. The molecule has 0 atom stereocenters. The summed E-state index contributed by atoms with van der Waals surface area (Å²) in [6.07, 6.45) is 0. The number of hydrogen-bond acceptors (Lipinski definition) is 3. The molecule has 0 radical (unpaired) electrons. The fraction of sp³-hybridized carbons (Fsp3) is 0. The molecule has 3 rings (SSSR count). The van der Waals surface area contributed by atoms with Crippen LogP contribution in [0.25, 0.3) is 10.1 Å². The molecule has 2 aromatic heterocycles. The maximum atomic E-state index is 11.9. The van der Waals surface area contributed by atoms with Crippen LogP contribution in [0, 0.1) is 0 Å². The highest BCUT2D eigenvalue weighted by Gasteiger charge is 2.07. The lowest BCUT2D eigenvalue weighted by Crippen LogP contribution is -2.09. The Hall–Kier alpha value is -1.65. The number of thiophene rings is 2. The number of hydrogen-bond donors (Lipinski definition) is 1. The standard InChI is InChI=1S/C13H9NOS2/c15-13(12-2-1-6-16-12)14-10-3-4-11-9(8-10)5-7-17-11/h1-8H,(H,14,15). The van der Waals surface area contributed by atoms with Gasteiger partial charge >= 0.3 is 0 Å². The number of rotatable bonds is 2. The van der Waals surface area contributed by atoms with E-state index in [0.717, 1.165) is 10.6 Å². The minimum Gasteiger partial charge on any atom is -0.321 e. The maximum Gasteiger partial charge on any atom is 0.265 e. The molecular weight excluding hydrogens is 250 g/mol. The Morgan fingerprint density at radius 1 is 1.06 bits per heavy atom. The molecule has 0 aliphatic carbocycles. The van der Waals surface area contributed by atoms with E-state index in [1.165, 1.54) is 21.4 Å². The lowest BCUT2D eigenvalue weighted by Gasteiger charge is -2.03. The zero-order chi connectivity index (χ0) is 11.7. The van der Waals surface area contributed by atoms with E-state index in [1.807, 2.05) is 35.7 Å². The SMILES string of the molecule is O=C(Nc1ccc2sccc2c1)c1cccs1. The zero-order valence-corrected chi connectivity index (χ0v) is 10.5. The van der Waals surface area contributed by atoms with E-state index in [9.17, 15) is 4.79 Å². The zero-order valence-electron chi connectivity index (χ0n) is 8.84. The van der Waals surface area contributed by atoms with Crippen LogP contribution in [0.15, 0.2) is 47.2 Å². The molecule has 17 heavy (non-hydrogen) atoms. The molecule has 0 spiro atoms. The van der Waals surface area contributed by atoms with Crippen LogP contribution in [0.2, 0.25) is 0 Å². The number of anilines is 1. The van der Waals surface area contributed by atoms with Gasteiger partial charge in [0.15, 0.2) is 0 Å². The van der Waals surface area contributed by atoms with E-state index in [2.05, 4.69) is 16.8 Å². The highest BCUT2D eigenvalue weighted by molar-refractivity contribution is 7.17. The molecule has 2 heterocycles. The van der Waals surface area contributed by atoms with Crippen LogP contribution in [0.1, 0.15) is 9.67 Å². The summed E-state index contributed by atoms with van der Waals surface area (Å²) in [6, 6.07) is 11.7. The average molecular weight is 259 g/mol. The van der Waals surface area contributed by atoms with E-state index in [-0.39, 0.29) is 5.91 Å². The van der Waals surface area contributed by atoms with Gasteiger partial charge in [0.1, 0.15) is 0 Å². The first-order valence-electron chi connectivity index (χ1n) is 5.15. The third kappa shape index (κ3) is 2.09. The molecule has 3 aromatic rings. The number of carbonyl (C=O) groups excluding carboxylic acids is 1. The van der Waals surface area contributed by atoms with E-state index < -0.39 is 0 Å². The van der Waals surface area contributed by atoms with Gasteiger partial charge in [-0.15, -0.1) is 22.7 Å². The molecule has 0 aliphatic rings. The molecule has 0 aliphatic heterocycles. The van der Waals surface area contributed by atoms with Crippen LogP contribution in [0.3, 0.4) is 0 Å². The van der Waals surface area contributed by atoms with E-state index in [4.69, 9.17) is 0 Å². The van der Waals surface area contributed by atoms with E-state index in [1.54, 1.807) is 11.3 Å². The molecular formula is C13H9NOS2. The normalized spacial score (nSPS) is 10.6. The van der Waals surface area contributed by atoms with Gasteiger partial charge in [-0.2, -0.15) is 0 Å².